The first kappa shape index (κ1) is 19.9. The van der Waals surface area contributed by atoms with Gasteiger partial charge in [-0.2, -0.15) is 13.2 Å². The summed E-state index contributed by atoms with van der Waals surface area (Å²) in [6, 6.07) is 0. The number of halogens is 3. The van der Waals surface area contributed by atoms with Crippen LogP contribution in [0.15, 0.2) is 0 Å². The second-order valence-electron chi connectivity index (χ2n) is 5.36. The van der Waals surface area contributed by atoms with Gasteiger partial charge in [-0.05, 0) is 28.1 Å². The minimum absolute atomic E-state index is 0.0244. The molecule has 0 amide bonds. The van der Waals surface area contributed by atoms with Crippen LogP contribution in [0.5, 0.6) is 0 Å². The van der Waals surface area contributed by atoms with E-state index < -0.39 is 22.7 Å². The van der Waals surface area contributed by atoms with Gasteiger partial charge < -0.3 is 14.5 Å². The minimum Gasteiger partial charge on any atom is -0.462 e. The summed E-state index contributed by atoms with van der Waals surface area (Å²) in [4.78, 5) is 18.9. The molecule has 0 fully saturated rings. The van der Waals surface area contributed by atoms with Crippen molar-refractivity contribution in [3.8, 4) is 0 Å². The molecule has 5 nitrogen and oxygen atoms in total. The van der Waals surface area contributed by atoms with E-state index in [-0.39, 0.29) is 11.6 Å². The lowest BCUT2D eigenvalue weighted by molar-refractivity contribution is -0.141. The predicted octanol–water partition coefficient (Wildman–Crippen LogP) is 2.37. The first-order valence-electron chi connectivity index (χ1n) is 7.22. The molecule has 1 aromatic rings. The van der Waals surface area contributed by atoms with Crippen LogP contribution in [0, 0.1) is 0 Å². The van der Waals surface area contributed by atoms with Crippen molar-refractivity contribution in [1.82, 2.24) is 14.8 Å². The van der Waals surface area contributed by atoms with Crippen molar-refractivity contribution in [3.63, 3.8) is 0 Å². The Morgan fingerprint density at radius 3 is 2.39 bits per heavy atom. The molecule has 1 rings (SSSR count). The predicted molar refractivity (Wildman–Crippen MR) is 82.8 cm³/mol. The lowest BCUT2D eigenvalue weighted by Gasteiger charge is -2.18. The maximum absolute atomic E-state index is 13.0. The Hall–Kier alpha value is -1.19. The molecular formula is C14H22F3N3O2S. The van der Waals surface area contributed by atoms with Gasteiger partial charge in [-0.1, -0.05) is 0 Å². The summed E-state index contributed by atoms with van der Waals surface area (Å²) in [5.41, 5.74) is -1.15. The molecule has 0 aliphatic carbocycles. The van der Waals surface area contributed by atoms with Gasteiger partial charge in [0.05, 0.1) is 11.6 Å². The molecule has 0 saturated carbocycles. The van der Waals surface area contributed by atoms with Crippen molar-refractivity contribution >= 4 is 17.3 Å². The highest BCUT2D eigenvalue weighted by Crippen LogP contribution is 2.35. The smallest absolute Gasteiger partial charge is 0.435 e. The highest BCUT2D eigenvalue weighted by molar-refractivity contribution is 7.13. The SMILES string of the molecule is CCOC(=O)c1sc(CCN(C)CCN(C)C)nc1C(F)(F)F. The van der Waals surface area contributed by atoms with Crippen molar-refractivity contribution in [2.75, 3.05) is 47.4 Å². The van der Waals surface area contributed by atoms with Crippen LogP contribution in [-0.2, 0) is 17.3 Å². The Bertz CT molecular complexity index is 518. The molecule has 0 spiro atoms. The van der Waals surface area contributed by atoms with E-state index in [4.69, 9.17) is 0 Å². The monoisotopic (exact) mass is 353 g/mol. The zero-order valence-corrected chi connectivity index (χ0v) is 14.6. The zero-order valence-electron chi connectivity index (χ0n) is 13.7. The third-order valence-corrected chi connectivity index (χ3v) is 4.13. The number of alkyl halides is 3. The fourth-order valence-electron chi connectivity index (χ4n) is 1.77. The Kier molecular flexibility index (Phi) is 7.43. The summed E-state index contributed by atoms with van der Waals surface area (Å²) >= 11 is 0.758. The van der Waals surface area contributed by atoms with Gasteiger partial charge in [-0.3, -0.25) is 0 Å². The number of aromatic nitrogens is 1. The lowest BCUT2D eigenvalue weighted by Crippen LogP contribution is -2.30. The molecule has 0 aromatic carbocycles. The number of thiazole rings is 1. The van der Waals surface area contributed by atoms with Crippen LogP contribution in [0.3, 0.4) is 0 Å². The van der Waals surface area contributed by atoms with Crippen molar-refractivity contribution < 1.29 is 22.7 Å². The summed E-state index contributed by atoms with van der Waals surface area (Å²) in [7, 11) is 5.81. The Labute approximate surface area is 138 Å². The van der Waals surface area contributed by atoms with Gasteiger partial charge in [-0.25, -0.2) is 9.78 Å². The van der Waals surface area contributed by atoms with Gasteiger partial charge >= 0.3 is 12.1 Å². The number of likely N-dealkylation sites (N-methyl/N-ethyl adjacent to an activating group) is 2. The van der Waals surface area contributed by atoms with E-state index in [0.717, 1.165) is 24.4 Å². The molecule has 0 bridgehead atoms. The van der Waals surface area contributed by atoms with Crippen molar-refractivity contribution in [2.24, 2.45) is 0 Å². The number of ether oxygens (including phenoxy) is 1. The van der Waals surface area contributed by atoms with Crippen LogP contribution in [-0.4, -0.2) is 68.1 Å². The number of nitrogens with zero attached hydrogens (tertiary/aromatic N) is 3. The molecule has 0 saturated heterocycles. The number of esters is 1. The fourth-order valence-corrected chi connectivity index (χ4v) is 2.73. The first-order chi connectivity index (χ1) is 10.6. The van der Waals surface area contributed by atoms with Crippen LogP contribution < -0.4 is 0 Å². The third-order valence-electron chi connectivity index (χ3n) is 3.04. The average molecular weight is 353 g/mol. The number of rotatable bonds is 8. The summed E-state index contributed by atoms with van der Waals surface area (Å²) in [5, 5.41) is 0.289. The third kappa shape index (κ3) is 6.44. The van der Waals surface area contributed by atoms with Crippen LogP contribution in [0.25, 0.3) is 0 Å². The number of carbonyl (C=O) groups excluding carboxylic acids is 1. The fraction of sp³-hybridized carbons (Fsp3) is 0.714. The molecular weight excluding hydrogens is 331 g/mol. The summed E-state index contributed by atoms with van der Waals surface area (Å²) < 4.78 is 43.7. The zero-order chi connectivity index (χ0) is 17.6. The molecule has 23 heavy (non-hydrogen) atoms. The summed E-state index contributed by atoms with van der Waals surface area (Å²) in [6.45, 7) is 3.80. The number of hydrogen-bond acceptors (Lipinski definition) is 6. The van der Waals surface area contributed by atoms with Crippen molar-refractivity contribution in [2.45, 2.75) is 19.5 Å². The van der Waals surface area contributed by atoms with E-state index in [1.165, 1.54) is 0 Å². The normalized spacial score (nSPS) is 12.2. The largest absolute Gasteiger partial charge is 0.462 e. The highest BCUT2D eigenvalue weighted by Gasteiger charge is 2.40. The molecule has 9 heteroatoms. The van der Waals surface area contributed by atoms with E-state index in [1.54, 1.807) is 6.92 Å². The Balaban J connectivity index is 2.78. The van der Waals surface area contributed by atoms with Crippen LogP contribution in [0.1, 0.15) is 27.3 Å². The van der Waals surface area contributed by atoms with Gasteiger partial charge in [0.2, 0.25) is 0 Å². The van der Waals surface area contributed by atoms with Crippen LogP contribution in [0.2, 0.25) is 0 Å². The van der Waals surface area contributed by atoms with Gasteiger partial charge in [0.25, 0.3) is 0 Å². The van der Waals surface area contributed by atoms with Crippen molar-refractivity contribution in [1.29, 1.82) is 0 Å². The topological polar surface area (TPSA) is 45.7 Å². The highest BCUT2D eigenvalue weighted by atomic mass is 32.1. The summed E-state index contributed by atoms with van der Waals surface area (Å²) in [5.74, 6) is -0.968. The molecule has 0 radical (unpaired) electrons. The van der Waals surface area contributed by atoms with Crippen molar-refractivity contribution in [3.05, 3.63) is 15.6 Å². The molecule has 0 atom stereocenters. The Morgan fingerprint density at radius 1 is 1.22 bits per heavy atom. The quantitative estimate of drug-likeness (QED) is 0.672. The van der Waals surface area contributed by atoms with E-state index in [0.29, 0.717) is 13.0 Å². The van der Waals surface area contributed by atoms with Crippen LogP contribution >= 0.6 is 11.3 Å². The number of hydrogen-bond donors (Lipinski definition) is 0. The molecule has 0 aliphatic heterocycles. The molecule has 0 N–H and O–H groups in total. The average Bonchev–Trinajstić information content (AvgIpc) is 2.87. The van der Waals surface area contributed by atoms with Gasteiger partial charge in [-0.15, -0.1) is 11.3 Å². The van der Waals surface area contributed by atoms with Gasteiger partial charge in [0.1, 0.15) is 4.88 Å². The summed E-state index contributed by atoms with van der Waals surface area (Å²) in [6.07, 6.45) is -4.30. The van der Waals surface area contributed by atoms with E-state index in [2.05, 4.69) is 9.72 Å². The molecule has 0 aliphatic rings. The second-order valence-corrected chi connectivity index (χ2v) is 6.44. The molecule has 132 valence electrons. The maximum atomic E-state index is 13.0. The van der Waals surface area contributed by atoms with E-state index >= 15 is 0 Å². The maximum Gasteiger partial charge on any atom is 0.435 e. The second kappa shape index (κ2) is 8.60. The van der Waals surface area contributed by atoms with Gasteiger partial charge in [0.15, 0.2) is 5.69 Å². The standard InChI is InChI=1S/C14H22F3N3O2S/c1-5-22-13(21)11-12(14(15,16)17)18-10(23-11)6-7-20(4)9-8-19(2)3/h5-9H2,1-4H3. The lowest BCUT2D eigenvalue weighted by atomic mass is 10.3. The van der Waals surface area contributed by atoms with E-state index in [1.807, 2.05) is 30.9 Å². The molecule has 0 unspecified atom stereocenters. The Morgan fingerprint density at radius 2 is 1.87 bits per heavy atom. The van der Waals surface area contributed by atoms with E-state index in [9.17, 15) is 18.0 Å². The van der Waals surface area contributed by atoms with Crippen LogP contribution in [0.4, 0.5) is 13.2 Å². The minimum atomic E-state index is -4.66. The molecule has 1 aromatic heterocycles. The molecule has 1 heterocycles. The van der Waals surface area contributed by atoms with Gasteiger partial charge in [0, 0.05) is 26.1 Å². The first-order valence-corrected chi connectivity index (χ1v) is 8.04. The number of carbonyl (C=O) groups is 1.